The van der Waals surface area contributed by atoms with Crippen LogP contribution in [0.4, 0.5) is 5.69 Å². The summed E-state index contributed by atoms with van der Waals surface area (Å²) in [6, 6.07) is 3.86. The van der Waals surface area contributed by atoms with Crippen molar-refractivity contribution < 1.29 is 19.9 Å². The number of halogens is 1. The van der Waals surface area contributed by atoms with Crippen LogP contribution in [0.15, 0.2) is 22.7 Å². The number of nitro benzene ring substituents is 1. The molecule has 1 heterocycles. The fourth-order valence-electron chi connectivity index (χ4n) is 2.36. The molecule has 0 saturated carbocycles. The Balaban J connectivity index is 2.24. The maximum Gasteiger partial charge on any atom is 0.321 e. The summed E-state index contributed by atoms with van der Waals surface area (Å²) in [5, 5.41) is 29.6. The molecule has 0 aromatic heterocycles. The summed E-state index contributed by atoms with van der Waals surface area (Å²) in [7, 11) is 0. The van der Waals surface area contributed by atoms with Crippen LogP contribution in [0.25, 0.3) is 0 Å². The van der Waals surface area contributed by atoms with Gasteiger partial charge >= 0.3 is 5.97 Å². The SMILES string of the molecule is O=C(O)C1CC(O)CN1Cc1cccc([N+](=O)[O-])c1Br. The smallest absolute Gasteiger partial charge is 0.321 e. The first-order chi connectivity index (χ1) is 9.40. The maximum absolute atomic E-state index is 11.1. The monoisotopic (exact) mass is 344 g/mol. The molecule has 108 valence electrons. The van der Waals surface area contributed by atoms with Crippen molar-refractivity contribution in [2.75, 3.05) is 6.54 Å². The number of β-amino-alcohol motifs (C(OH)–C–C–N with tert-alkyl or cyclic N) is 1. The number of aliphatic hydroxyl groups is 1. The first kappa shape index (κ1) is 14.9. The third-order valence-corrected chi connectivity index (χ3v) is 4.21. The van der Waals surface area contributed by atoms with E-state index in [-0.39, 0.29) is 25.2 Å². The summed E-state index contributed by atoms with van der Waals surface area (Å²) in [6.07, 6.45) is -0.518. The highest BCUT2D eigenvalue weighted by molar-refractivity contribution is 9.10. The van der Waals surface area contributed by atoms with Crippen LogP contribution in [0.3, 0.4) is 0 Å². The maximum atomic E-state index is 11.1. The van der Waals surface area contributed by atoms with Crippen LogP contribution >= 0.6 is 15.9 Å². The Morgan fingerprint density at radius 2 is 2.25 bits per heavy atom. The average Bonchev–Trinajstić information content (AvgIpc) is 2.73. The second-order valence-corrected chi connectivity index (χ2v) is 5.47. The van der Waals surface area contributed by atoms with Gasteiger partial charge in [-0.25, -0.2) is 0 Å². The lowest BCUT2D eigenvalue weighted by Crippen LogP contribution is -2.35. The van der Waals surface area contributed by atoms with Gasteiger partial charge in [0.05, 0.1) is 15.5 Å². The van der Waals surface area contributed by atoms with Crippen LogP contribution in [-0.4, -0.2) is 44.7 Å². The van der Waals surface area contributed by atoms with Crippen molar-refractivity contribution in [2.24, 2.45) is 0 Å². The molecule has 8 heteroatoms. The Labute approximate surface area is 123 Å². The molecule has 20 heavy (non-hydrogen) atoms. The standard InChI is InChI=1S/C12H13BrN2O5/c13-11-7(2-1-3-9(11)15(19)20)5-14-6-8(16)4-10(14)12(17)18/h1-3,8,10,16H,4-6H2,(H,17,18). The molecule has 1 aromatic rings. The zero-order valence-corrected chi connectivity index (χ0v) is 12.0. The number of nitrogens with zero attached hydrogens (tertiary/aromatic N) is 2. The summed E-state index contributed by atoms with van der Waals surface area (Å²) < 4.78 is 0.343. The summed E-state index contributed by atoms with van der Waals surface area (Å²) in [5.41, 5.74) is 0.564. The minimum Gasteiger partial charge on any atom is -0.480 e. The van der Waals surface area contributed by atoms with E-state index in [9.17, 15) is 20.0 Å². The Morgan fingerprint density at radius 1 is 1.55 bits per heavy atom. The molecule has 2 unspecified atom stereocenters. The number of likely N-dealkylation sites (tertiary alicyclic amines) is 1. The van der Waals surface area contributed by atoms with Gasteiger partial charge in [0.1, 0.15) is 6.04 Å². The molecule has 0 bridgehead atoms. The molecule has 1 aliphatic rings. The highest BCUT2D eigenvalue weighted by atomic mass is 79.9. The van der Waals surface area contributed by atoms with Gasteiger partial charge in [0.25, 0.3) is 5.69 Å². The van der Waals surface area contributed by atoms with Crippen molar-refractivity contribution in [3.63, 3.8) is 0 Å². The molecular weight excluding hydrogens is 332 g/mol. The number of benzene rings is 1. The third-order valence-electron chi connectivity index (χ3n) is 3.29. The molecule has 1 fully saturated rings. The molecule has 0 aliphatic carbocycles. The first-order valence-corrected chi connectivity index (χ1v) is 6.76. The average molecular weight is 345 g/mol. The van der Waals surface area contributed by atoms with Gasteiger partial charge in [-0.3, -0.25) is 19.8 Å². The molecule has 1 saturated heterocycles. The van der Waals surface area contributed by atoms with Gasteiger partial charge in [0.2, 0.25) is 0 Å². The van der Waals surface area contributed by atoms with Gasteiger partial charge < -0.3 is 10.2 Å². The van der Waals surface area contributed by atoms with Gasteiger partial charge in [0, 0.05) is 25.6 Å². The lowest BCUT2D eigenvalue weighted by Gasteiger charge is -2.21. The second-order valence-electron chi connectivity index (χ2n) is 4.68. The number of aliphatic hydroxyl groups excluding tert-OH is 1. The molecule has 1 aliphatic heterocycles. The largest absolute Gasteiger partial charge is 0.480 e. The topological polar surface area (TPSA) is 104 Å². The number of carboxylic acids is 1. The van der Waals surface area contributed by atoms with E-state index >= 15 is 0 Å². The van der Waals surface area contributed by atoms with Crippen molar-refractivity contribution in [1.29, 1.82) is 0 Å². The minimum atomic E-state index is -0.997. The number of nitro groups is 1. The minimum absolute atomic E-state index is 0.0610. The molecule has 0 amide bonds. The molecule has 0 radical (unpaired) electrons. The predicted octanol–water partition coefficient (Wildman–Crippen LogP) is 1.38. The number of aliphatic carboxylic acids is 1. The van der Waals surface area contributed by atoms with E-state index in [0.717, 1.165) is 0 Å². The van der Waals surface area contributed by atoms with Gasteiger partial charge in [0.15, 0.2) is 0 Å². The number of hydrogen-bond acceptors (Lipinski definition) is 5. The molecule has 2 N–H and O–H groups in total. The van der Waals surface area contributed by atoms with Crippen LogP contribution in [0.5, 0.6) is 0 Å². The highest BCUT2D eigenvalue weighted by Gasteiger charge is 2.36. The van der Waals surface area contributed by atoms with Gasteiger partial charge in [-0.1, -0.05) is 12.1 Å². The van der Waals surface area contributed by atoms with E-state index in [2.05, 4.69) is 15.9 Å². The molecule has 2 rings (SSSR count). The van der Waals surface area contributed by atoms with E-state index in [1.54, 1.807) is 17.0 Å². The van der Waals surface area contributed by atoms with Crippen molar-refractivity contribution in [3.8, 4) is 0 Å². The third kappa shape index (κ3) is 2.97. The Kier molecular flexibility index (Phi) is 4.36. The highest BCUT2D eigenvalue weighted by Crippen LogP contribution is 2.31. The van der Waals surface area contributed by atoms with Crippen LogP contribution in [0.2, 0.25) is 0 Å². The molecule has 2 atom stereocenters. The lowest BCUT2D eigenvalue weighted by molar-refractivity contribution is -0.385. The summed E-state index contributed by atoms with van der Waals surface area (Å²) >= 11 is 3.18. The molecular formula is C12H13BrN2O5. The van der Waals surface area contributed by atoms with Crippen LogP contribution < -0.4 is 0 Å². The lowest BCUT2D eigenvalue weighted by atomic mass is 10.1. The van der Waals surface area contributed by atoms with Crippen LogP contribution in [-0.2, 0) is 11.3 Å². The fourth-order valence-corrected chi connectivity index (χ4v) is 2.89. The quantitative estimate of drug-likeness (QED) is 0.631. The van der Waals surface area contributed by atoms with Crippen LogP contribution in [0, 0.1) is 10.1 Å². The number of carboxylic acid groups (broad SMARTS) is 1. The van der Waals surface area contributed by atoms with E-state index in [1.165, 1.54) is 6.07 Å². The number of rotatable bonds is 4. The number of carbonyl (C=O) groups is 1. The fraction of sp³-hybridized carbons (Fsp3) is 0.417. The van der Waals surface area contributed by atoms with Gasteiger partial charge in [-0.15, -0.1) is 0 Å². The zero-order valence-electron chi connectivity index (χ0n) is 10.4. The summed E-state index contributed by atoms with van der Waals surface area (Å²) in [6.45, 7) is 0.475. The van der Waals surface area contributed by atoms with Crippen molar-refractivity contribution in [1.82, 2.24) is 4.90 Å². The predicted molar refractivity (Wildman–Crippen MR) is 73.3 cm³/mol. The first-order valence-electron chi connectivity index (χ1n) is 5.97. The van der Waals surface area contributed by atoms with Gasteiger partial charge in [-0.05, 0) is 21.5 Å². The molecule has 0 spiro atoms. The Hall–Kier alpha value is -1.51. The summed E-state index contributed by atoms with van der Waals surface area (Å²) in [4.78, 5) is 23.1. The van der Waals surface area contributed by atoms with E-state index in [1.807, 2.05) is 0 Å². The molecule has 1 aromatic carbocycles. The van der Waals surface area contributed by atoms with Crippen molar-refractivity contribution in [3.05, 3.63) is 38.3 Å². The normalized spacial score (nSPS) is 22.9. The van der Waals surface area contributed by atoms with E-state index < -0.39 is 23.0 Å². The van der Waals surface area contributed by atoms with E-state index in [0.29, 0.717) is 10.0 Å². The summed E-state index contributed by atoms with van der Waals surface area (Å²) in [5.74, 6) is -0.997. The van der Waals surface area contributed by atoms with Gasteiger partial charge in [-0.2, -0.15) is 0 Å². The Morgan fingerprint density at radius 3 is 2.85 bits per heavy atom. The van der Waals surface area contributed by atoms with Crippen molar-refractivity contribution in [2.45, 2.75) is 25.1 Å². The second kappa shape index (κ2) is 5.86. The Bertz CT molecular complexity index is 551. The number of hydrogen-bond donors (Lipinski definition) is 2. The van der Waals surface area contributed by atoms with Crippen molar-refractivity contribution >= 4 is 27.6 Å². The van der Waals surface area contributed by atoms with E-state index in [4.69, 9.17) is 5.11 Å². The zero-order chi connectivity index (χ0) is 14.9. The molecule has 7 nitrogen and oxygen atoms in total. The van der Waals surface area contributed by atoms with Crippen LogP contribution in [0.1, 0.15) is 12.0 Å².